The molecule has 3 N–H and O–H groups in total. The van der Waals surface area contributed by atoms with Gasteiger partial charge in [-0.25, -0.2) is 4.79 Å². The van der Waals surface area contributed by atoms with Crippen LogP contribution in [0.15, 0.2) is 54.6 Å². The highest BCUT2D eigenvalue weighted by atomic mass is 16.2. The fraction of sp³-hybridized carbons (Fsp3) is 0.300. The third-order valence-corrected chi connectivity index (χ3v) is 4.78. The van der Waals surface area contributed by atoms with Gasteiger partial charge in [-0.1, -0.05) is 42.5 Å². The SMILES string of the molecule is CN(CC1(c2ccccc2)CC1)C(=O)NCc1cccc(C(N)=O)c1. The van der Waals surface area contributed by atoms with Gasteiger partial charge < -0.3 is 16.0 Å². The van der Waals surface area contributed by atoms with Crippen molar-refractivity contribution in [2.75, 3.05) is 13.6 Å². The molecule has 1 aliphatic rings. The van der Waals surface area contributed by atoms with Gasteiger partial charge in [-0.3, -0.25) is 4.79 Å². The van der Waals surface area contributed by atoms with Crippen molar-refractivity contribution >= 4 is 11.9 Å². The number of primary amides is 1. The number of carbonyl (C=O) groups is 2. The summed E-state index contributed by atoms with van der Waals surface area (Å²) in [4.78, 5) is 25.4. The molecule has 2 aromatic rings. The van der Waals surface area contributed by atoms with Gasteiger partial charge >= 0.3 is 6.03 Å². The van der Waals surface area contributed by atoms with Crippen LogP contribution >= 0.6 is 0 Å². The van der Waals surface area contributed by atoms with E-state index < -0.39 is 5.91 Å². The molecule has 1 aliphatic carbocycles. The van der Waals surface area contributed by atoms with Gasteiger partial charge in [-0.15, -0.1) is 0 Å². The van der Waals surface area contributed by atoms with Crippen LogP contribution in [0, 0.1) is 0 Å². The smallest absolute Gasteiger partial charge is 0.317 e. The Morgan fingerprint density at radius 1 is 1.12 bits per heavy atom. The Hall–Kier alpha value is -2.82. The van der Waals surface area contributed by atoms with Crippen LogP contribution in [0.3, 0.4) is 0 Å². The number of urea groups is 1. The molecule has 0 aliphatic heterocycles. The lowest BCUT2D eigenvalue weighted by Gasteiger charge is -2.24. The Kier molecular flexibility index (Phi) is 4.74. The van der Waals surface area contributed by atoms with Gasteiger partial charge in [0.2, 0.25) is 5.91 Å². The van der Waals surface area contributed by atoms with Crippen LogP contribution in [-0.4, -0.2) is 30.4 Å². The molecule has 1 fully saturated rings. The van der Waals surface area contributed by atoms with Crippen molar-refractivity contribution in [3.05, 3.63) is 71.3 Å². The largest absolute Gasteiger partial charge is 0.366 e. The van der Waals surface area contributed by atoms with Crippen molar-refractivity contribution in [2.45, 2.75) is 24.8 Å². The maximum absolute atomic E-state index is 12.4. The number of hydrogen-bond donors (Lipinski definition) is 2. The summed E-state index contributed by atoms with van der Waals surface area (Å²) in [5, 5.41) is 2.90. The van der Waals surface area contributed by atoms with Crippen LogP contribution in [0.25, 0.3) is 0 Å². The first-order valence-electron chi connectivity index (χ1n) is 8.43. The number of amides is 3. The monoisotopic (exact) mass is 337 g/mol. The van der Waals surface area contributed by atoms with Gasteiger partial charge in [0.1, 0.15) is 0 Å². The molecule has 5 nitrogen and oxygen atoms in total. The van der Waals surface area contributed by atoms with Gasteiger partial charge in [-0.2, -0.15) is 0 Å². The molecule has 3 rings (SSSR count). The molecule has 130 valence electrons. The maximum atomic E-state index is 12.4. The summed E-state index contributed by atoms with van der Waals surface area (Å²) in [5.41, 5.74) is 7.97. The Morgan fingerprint density at radius 2 is 1.84 bits per heavy atom. The van der Waals surface area contributed by atoms with Crippen molar-refractivity contribution in [3.8, 4) is 0 Å². The van der Waals surface area contributed by atoms with Gasteiger partial charge in [0.15, 0.2) is 0 Å². The molecule has 5 heteroatoms. The molecule has 0 spiro atoms. The first-order valence-corrected chi connectivity index (χ1v) is 8.43. The van der Waals surface area contributed by atoms with Crippen LogP contribution in [0.2, 0.25) is 0 Å². The molecule has 2 aromatic carbocycles. The molecule has 0 aromatic heterocycles. The highest BCUT2D eigenvalue weighted by molar-refractivity contribution is 5.92. The summed E-state index contributed by atoms with van der Waals surface area (Å²) in [6.45, 7) is 1.06. The van der Waals surface area contributed by atoms with Crippen LogP contribution in [0.4, 0.5) is 4.79 Å². The van der Waals surface area contributed by atoms with E-state index in [-0.39, 0.29) is 11.4 Å². The maximum Gasteiger partial charge on any atom is 0.317 e. The van der Waals surface area contributed by atoms with Crippen molar-refractivity contribution < 1.29 is 9.59 Å². The summed E-state index contributed by atoms with van der Waals surface area (Å²) >= 11 is 0. The van der Waals surface area contributed by atoms with E-state index in [2.05, 4.69) is 17.4 Å². The average Bonchev–Trinajstić information content (AvgIpc) is 3.41. The van der Waals surface area contributed by atoms with Crippen LogP contribution < -0.4 is 11.1 Å². The minimum atomic E-state index is -0.469. The zero-order chi connectivity index (χ0) is 17.9. The minimum Gasteiger partial charge on any atom is -0.366 e. The average molecular weight is 337 g/mol. The topological polar surface area (TPSA) is 75.4 Å². The quantitative estimate of drug-likeness (QED) is 0.850. The Bertz CT molecular complexity index is 770. The Labute approximate surface area is 147 Å². The molecule has 0 radical (unpaired) electrons. The minimum absolute atomic E-state index is 0.0965. The molecule has 25 heavy (non-hydrogen) atoms. The number of likely N-dealkylation sites (N-methyl/N-ethyl adjacent to an activating group) is 1. The number of nitrogens with two attached hydrogens (primary N) is 1. The number of nitrogens with one attached hydrogen (secondary N) is 1. The first-order chi connectivity index (χ1) is 12.0. The number of hydrogen-bond acceptors (Lipinski definition) is 2. The van der Waals surface area contributed by atoms with Crippen LogP contribution in [0.5, 0.6) is 0 Å². The van der Waals surface area contributed by atoms with Crippen LogP contribution in [-0.2, 0) is 12.0 Å². The number of nitrogens with zero attached hydrogens (tertiary/aromatic N) is 1. The molecule has 0 heterocycles. The zero-order valence-electron chi connectivity index (χ0n) is 14.4. The van der Waals surface area contributed by atoms with Crippen molar-refractivity contribution in [3.63, 3.8) is 0 Å². The molecule has 0 saturated heterocycles. The van der Waals surface area contributed by atoms with Gasteiger partial charge in [0.25, 0.3) is 0 Å². The van der Waals surface area contributed by atoms with Crippen molar-refractivity contribution in [2.24, 2.45) is 5.73 Å². The summed E-state index contributed by atoms with van der Waals surface area (Å²) in [6.07, 6.45) is 2.21. The Morgan fingerprint density at radius 3 is 2.48 bits per heavy atom. The second-order valence-electron chi connectivity index (χ2n) is 6.73. The summed E-state index contributed by atoms with van der Waals surface area (Å²) < 4.78 is 0. The van der Waals surface area contributed by atoms with Crippen LogP contribution in [0.1, 0.15) is 34.3 Å². The fourth-order valence-corrected chi connectivity index (χ4v) is 3.15. The predicted molar refractivity (Wildman–Crippen MR) is 97.2 cm³/mol. The third kappa shape index (κ3) is 3.99. The predicted octanol–water partition coefficient (Wildman–Crippen LogP) is 2.66. The fourth-order valence-electron chi connectivity index (χ4n) is 3.15. The first kappa shape index (κ1) is 17.0. The van der Waals surface area contributed by atoms with E-state index >= 15 is 0 Å². The third-order valence-electron chi connectivity index (χ3n) is 4.78. The van der Waals surface area contributed by atoms with Gasteiger partial charge in [-0.05, 0) is 36.1 Å². The summed E-state index contributed by atoms with van der Waals surface area (Å²) in [6, 6.07) is 17.2. The highest BCUT2D eigenvalue weighted by Crippen LogP contribution is 2.48. The highest BCUT2D eigenvalue weighted by Gasteiger charge is 2.45. The van der Waals surface area contributed by atoms with E-state index in [0.717, 1.165) is 18.4 Å². The number of benzene rings is 2. The normalized spacial score (nSPS) is 14.6. The van der Waals surface area contributed by atoms with E-state index in [0.29, 0.717) is 18.7 Å². The standard InChI is InChI=1S/C20H23N3O2/c1-23(14-20(10-11-20)17-8-3-2-4-9-17)19(25)22-13-15-6-5-7-16(12-15)18(21)24/h2-9,12H,10-11,13-14H2,1H3,(H2,21,24)(H,22,25). The van der Waals surface area contributed by atoms with E-state index in [9.17, 15) is 9.59 Å². The second kappa shape index (κ2) is 6.97. The summed E-state index contributed by atoms with van der Waals surface area (Å²) in [7, 11) is 1.82. The lowest BCUT2D eigenvalue weighted by atomic mass is 9.95. The van der Waals surface area contributed by atoms with Gasteiger partial charge in [0, 0.05) is 31.1 Å². The van der Waals surface area contributed by atoms with E-state index in [1.807, 2.05) is 31.3 Å². The Balaban J connectivity index is 1.57. The second-order valence-corrected chi connectivity index (χ2v) is 6.73. The lowest BCUT2D eigenvalue weighted by Crippen LogP contribution is -2.41. The van der Waals surface area contributed by atoms with E-state index in [1.165, 1.54) is 5.56 Å². The number of carbonyl (C=O) groups excluding carboxylic acids is 2. The zero-order valence-corrected chi connectivity index (χ0v) is 14.4. The molecule has 1 saturated carbocycles. The van der Waals surface area contributed by atoms with E-state index in [1.54, 1.807) is 23.1 Å². The lowest BCUT2D eigenvalue weighted by molar-refractivity contribution is 0.1000. The molecule has 3 amide bonds. The molecule has 0 unspecified atom stereocenters. The molecular formula is C20H23N3O2. The number of rotatable bonds is 6. The van der Waals surface area contributed by atoms with E-state index in [4.69, 9.17) is 5.73 Å². The van der Waals surface area contributed by atoms with Crippen molar-refractivity contribution in [1.82, 2.24) is 10.2 Å². The molecule has 0 atom stereocenters. The van der Waals surface area contributed by atoms with Crippen molar-refractivity contribution in [1.29, 1.82) is 0 Å². The molecule has 0 bridgehead atoms. The van der Waals surface area contributed by atoms with Gasteiger partial charge in [0.05, 0.1) is 0 Å². The molecular weight excluding hydrogens is 314 g/mol. The summed E-state index contributed by atoms with van der Waals surface area (Å²) in [5.74, 6) is -0.469.